The standard InChI is InChI=1S/C13H22N4O/c1-3-9(2)17-13(18)6-7-16-10-4-5-11(14)12(15)8-10/h4-5,8-9,16H,3,6-7,14-15H2,1-2H3,(H,17,18). The maximum Gasteiger partial charge on any atom is 0.221 e. The maximum atomic E-state index is 11.5. The molecule has 0 aromatic heterocycles. The number of carbonyl (C=O) groups is 1. The van der Waals surface area contributed by atoms with Crippen molar-refractivity contribution in [3.63, 3.8) is 0 Å². The van der Waals surface area contributed by atoms with Gasteiger partial charge in [-0.3, -0.25) is 4.79 Å². The van der Waals surface area contributed by atoms with Crippen LogP contribution in [-0.2, 0) is 4.79 Å². The molecule has 0 aliphatic rings. The van der Waals surface area contributed by atoms with Crippen LogP contribution in [0, 0.1) is 0 Å². The summed E-state index contributed by atoms with van der Waals surface area (Å²) in [6.45, 7) is 4.61. The van der Waals surface area contributed by atoms with Crippen LogP contribution in [-0.4, -0.2) is 18.5 Å². The normalized spacial score (nSPS) is 11.9. The third-order valence-electron chi connectivity index (χ3n) is 2.79. The second-order valence-electron chi connectivity index (χ2n) is 4.40. The lowest BCUT2D eigenvalue weighted by molar-refractivity contribution is -0.121. The number of nitrogens with one attached hydrogen (secondary N) is 2. The molecule has 0 radical (unpaired) electrons. The molecular formula is C13H22N4O. The van der Waals surface area contributed by atoms with Gasteiger partial charge in [-0.25, -0.2) is 0 Å². The quantitative estimate of drug-likeness (QED) is 0.576. The summed E-state index contributed by atoms with van der Waals surface area (Å²) in [4.78, 5) is 11.5. The Morgan fingerprint density at radius 1 is 1.33 bits per heavy atom. The molecule has 0 aliphatic heterocycles. The van der Waals surface area contributed by atoms with Crippen molar-refractivity contribution < 1.29 is 4.79 Å². The van der Waals surface area contributed by atoms with Crippen LogP contribution in [0.4, 0.5) is 17.1 Å². The Morgan fingerprint density at radius 3 is 2.67 bits per heavy atom. The summed E-state index contributed by atoms with van der Waals surface area (Å²) in [7, 11) is 0. The number of amides is 1. The second kappa shape index (κ2) is 6.74. The molecule has 0 bridgehead atoms. The van der Waals surface area contributed by atoms with Crippen LogP contribution in [0.2, 0.25) is 0 Å². The number of carbonyl (C=O) groups excluding carboxylic acids is 1. The summed E-state index contributed by atoms with van der Waals surface area (Å²) in [6.07, 6.45) is 1.38. The van der Waals surface area contributed by atoms with Gasteiger partial charge in [0.25, 0.3) is 0 Å². The van der Waals surface area contributed by atoms with Crippen LogP contribution in [0.1, 0.15) is 26.7 Å². The molecule has 1 aromatic carbocycles. The summed E-state index contributed by atoms with van der Waals surface area (Å²) in [5, 5.41) is 6.05. The van der Waals surface area contributed by atoms with Crippen molar-refractivity contribution in [2.75, 3.05) is 23.3 Å². The molecule has 1 aromatic rings. The molecule has 18 heavy (non-hydrogen) atoms. The lowest BCUT2D eigenvalue weighted by atomic mass is 10.2. The Morgan fingerprint density at radius 2 is 2.06 bits per heavy atom. The van der Waals surface area contributed by atoms with E-state index in [1.165, 1.54) is 0 Å². The molecule has 1 amide bonds. The zero-order valence-corrected chi connectivity index (χ0v) is 11.0. The van der Waals surface area contributed by atoms with Crippen molar-refractivity contribution in [2.45, 2.75) is 32.7 Å². The molecule has 1 rings (SSSR count). The lowest BCUT2D eigenvalue weighted by Crippen LogP contribution is -2.32. The fourth-order valence-corrected chi connectivity index (χ4v) is 1.45. The number of rotatable bonds is 6. The molecule has 6 N–H and O–H groups in total. The van der Waals surface area contributed by atoms with Gasteiger partial charge in [0.1, 0.15) is 0 Å². The molecule has 0 saturated carbocycles. The third kappa shape index (κ3) is 4.53. The topological polar surface area (TPSA) is 93.2 Å². The predicted octanol–water partition coefficient (Wildman–Crippen LogP) is 1.57. The molecule has 0 saturated heterocycles. The van der Waals surface area contributed by atoms with Gasteiger partial charge in [-0.05, 0) is 31.5 Å². The zero-order chi connectivity index (χ0) is 13.5. The van der Waals surface area contributed by atoms with Gasteiger partial charge in [-0.15, -0.1) is 0 Å². The van der Waals surface area contributed by atoms with E-state index >= 15 is 0 Å². The smallest absolute Gasteiger partial charge is 0.221 e. The maximum absolute atomic E-state index is 11.5. The van der Waals surface area contributed by atoms with Crippen LogP contribution < -0.4 is 22.1 Å². The number of nitrogens with two attached hydrogens (primary N) is 2. The summed E-state index contributed by atoms with van der Waals surface area (Å²) in [5.41, 5.74) is 13.3. The third-order valence-corrected chi connectivity index (χ3v) is 2.79. The Kier molecular flexibility index (Phi) is 5.30. The van der Waals surface area contributed by atoms with E-state index in [2.05, 4.69) is 10.6 Å². The van der Waals surface area contributed by atoms with Crippen molar-refractivity contribution >= 4 is 23.0 Å². The van der Waals surface area contributed by atoms with E-state index < -0.39 is 0 Å². The number of hydrogen-bond acceptors (Lipinski definition) is 4. The first-order chi connectivity index (χ1) is 8.52. The van der Waals surface area contributed by atoms with Crippen LogP contribution in [0.25, 0.3) is 0 Å². The summed E-state index contributed by atoms with van der Waals surface area (Å²) < 4.78 is 0. The molecule has 100 valence electrons. The number of nitrogen functional groups attached to an aromatic ring is 2. The molecule has 1 unspecified atom stereocenters. The minimum Gasteiger partial charge on any atom is -0.397 e. The van der Waals surface area contributed by atoms with Crippen molar-refractivity contribution in [1.29, 1.82) is 0 Å². The van der Waals surface area contributed by atoms with Crippen LogP contribution in [0.3, 0.4) is 0 Å². The van der Waals surface area contributed by atoms with E-state index in [4.69, 9.17) is 11.5 Å². The van der Waals surface area contributed by atoms with Gasteiger partial charge in [0.2, 0.25) is 5.91 Å². The van der Waals surface area contributed by atoms with E-state index in [1.54, 1.807) is 12.1 Å². The monoisotopic (exact) mass is 250 g/mol. The first-order valence-corrected chi connectivity index (χ1v) is 6.21. The van der Waals surface area contributed by atoms with E-state index in [0.717, 1.165) is 12.1 Å². The highest BCUT2D eigenvalue weighted by molar-refractivity contribution is 5.77. The van der Waals surface area contributed by atoms with E-state index in [0.29, 0.717) is 24.3 Å². The average Bonchev–Trinajstić information content (AvgIpc) is 2.33. The van der Waals surface area contributed by atoms with Crippen LogP contribution in [0.5, 0.6) is 0 Å². The van der Waals surface area contributed by atoms with Crippen molar-refractivity contribution in [2.24, 2.45) is 0 Å². The van der Waals surface area contributed by atoms with Gasteiger partial charge in [-0.1, -0.05) is 6.92 Å². The summed E-state index contributed by atoms with van der Waals surface area (Å²) >= 11 is 0. The molecule has 5 nitrogen and oxygen atoms in total. The minimum atomic E-state index is 0.0558. The van der Waals surface area contributed by atoms with Crippen molar-refractivity contribution in [3.8, 4) is 0 Å². The minimum absolute atomic E-state index is 0.0558. The van der Waals surface area contributed by atoms with Gasteiger partial charge in [-0.2, -0.15) is 0 Å². The lowest BCUT2D eigenvalue weighted by Gasteiger charge is -2.12. The van der Waals surface area contributed by atoms with Gasteiger partial charge >= 0.3 is 0 Å². The fourth-order valence-electron chi connectivity index (χ4n) is 1.45. The SMILES string of the molecule is CCC(C)NC(=O)CCNc1ccc(N)c(N)c1. The van der Waals surface area contributed by atoms with Crippen molar-refractivity contribution in [1.82, 2.24) is 5.32 Å². The largest absolute Gasteiger partial charge is 0.397 e. The van der Waals surface area contributed by atoms with Gasteiger partial charge < -0.3 is 22.1 Å². The average molecular weight is 250 g/mol. The summed E-state index contributed by atoms with van der Waals surface area (Å²) in [5.74, 6) is 0.0558. The van der Waals surface area contributed by atoms with Crippen LogP contribution >= 0.6 is 0 Å². The van der Waals surface area contributed by atoms with Gasteiger partial charge in [0.15, 0.2) is 0 Å². The predicted molar refractivity (Wildman–Crippen MR) is 76.3 cm³/mol. The molecule has 0 fully saturated rings. The fraction of sp³-hybridized carbons (Fsp3) is 0.462. The molecule has 0 spiro atoms. The summed E-state index contributed by atoms with van der Waals surface area (Å²) in [6, 6.07) is 5.58. The van der Waals surface area contributed by atoms with E-state index in [-0.39, 0.29) is 11.9 Å². The van der Waals surface area contributed by atoms with Crippen LogP contribution in [0.15, 0.2) is 18.2 Å². The first-order valence-electron chi connectivity index (χ1n) is 6.21. The second-order valence-corrected chi connectivity index (χ2v) is 4.40. The molecule has 5 heteroatoms. The Balaban J connectivity index is 2.33. The van der Waals surface area contributed by atoms with E-state index in [1.807, 2.05) is 19.9 Å². The molecular weight excluding hydrogens is 228 g/mol. The number of hydrogen-bond donors (Lipinski definition) is 4. The Labute approximate surface area is 108 Å². The Hall–Kier alpha value is -1.91. The van der Waals surface area contributed by atoms with E-state index in [9.17, 15) is 4.79 Å². The number of anilines is 3. The first kappa shape index (κ1) is 14.2. The highest BCUT2D eigenvalue weighted by Gasteiger charge is 2.05. The van der Waals surface area contributed by atoms with Crippen molar-refractivity contribution in [3.05, 3.63) is 18.2 Å². The molecule has 1 atom stereocenters. The van der Waals surface area contributed by atoms with Gasteiger partial charge in [0, 0.05) is 24.7 Å². The number of benzene rings is 1. The molecule has 0 aliphatic carbocycles. The molecule has 0 heterocycles. The zero-order valence-electron chi connectivity index (χ0n) is 11.0. The highest BCUT2D eigenvalue weighted by Crippen LogP contribution is 2.19. The highest BCUT2D eigenvalue weighted by atomic mass is 16.1. The van der Waals surface area contributed by atoms with Gasteiger partial charge in [0.05, 0.1) is 11.4 Å². The Bertz CT molecular complexity index is 406.